The van der Waals surface area contributed by atoms with Crippen LogP contribution in [-0.2, 0) is 0 Å². The number of rotatable bonds is 5. The van der Waals surface area contributed by atoms with E-state index in [1.165, 1.54) is 5.56 Å². The van der Waals surface area contributed by atoms with Crippen LogP contribution in [0.4, 0.5) is 0 Å². The second kappa shape index (κ2) is 8.43. The van der Waals surface area contributed by atoms with Crippen molar-refractivity contribution in [2.24, 2.45) is 0 Å². The van der Waals surface area contributed by atoms with E-state index in [0.717, 1.165) is 25.7 Å². The Balaban J connectivity index is 1.59. The van der Waals surface area contributed by atoms with Gasteiger partial charge in [0.25, 0.3) is 5.91 Å². The van der Waals surface area contributed by atoms with Gasteiger partial charge in [0.15, 0.2) is 0 Å². The van der Waals surface area contributed by atoms with Crippen LogP contribution in [0.1, 0.15) is 47.5 Å². The van der Waals surface area contributed by atoms with Crippen LogP contribution in [-0.4, -0.2) is 25.0 Å². The molecule has 3 nitrogen and oxygen atoms in total. The molecule has 5 heteroatoms. The molecule has 1 saturated carbocycles. The standard InChI is InChI=1S/C21H24Cl2N2O/c1-24-21(11-9-16(10-12-21)15-5-3-2-4-6-15)14-25-20(26)17-7-8-18(22)19(23)13-17/h2-8,13,16,24H,9-12,14H2,1H3,(H,25,26). The van der Waals surface area contributed by atoms with Gasteiger partial charge in [-0.25, -0.2) is 0 Å². The van der Waals surface area contributed by atoms with Gasteiger partial charge in [0.05, 0.1) is 10.0 Å². The first-order chi connectivity index (χ1) is 12.5. The second-order valence-corrected chi connectivity index (χ2v) is 7.84. The largest absolute Gasteiger partial charge is 0.350 e. The van der Waals surface area contributed by atoms with E-state index < -0.39 is 0 Å². The Morgan fingerprint density at radius 2 is 1.77 bits per heavy atom. The van der Waals surface area contributed by atoms with Gasteiger partial charge in [0, 0.05) is 17.6 Å². The number of hydrogen-bond acceptors (Lipinski definition) is 2. The van der Waals surface area contributed by atoms with Gasteiger partial charge in [0.1, 0.15) is 0 Å². The normalized spacial score (nSPS) is 22.8. The molecule has 0 aliphatic heterocycles. The summed E-state index contributed by atoms with van der Waals surface area (Å²) in [6.07, 6.45) is 4.30. The molecule has 1 amide bonds. The molecule has 0 atom stereocenters. The van der Waals surface area contributed by atoms with Crippen molar-refractivity contribution in [1.82, 2.24) is 10.6 Å². The zero-order valence-electron chi connectivity index (χ0n) is 14.9. The van der Waals surface area contributed by atoms with Crippen molar-refractivity contribution in [2.45, 2.75) is 37.1 Å². The van der Waals surface area contributed by atoms with Crippen LogP contribution in [0.3, 0.4) is 0 Å². The summed E-state index contributed by atoms with van der Waals surface area (Å²) in [5.41, 5.74) is 1.89. The number of carbonyl (C=O) groups is 1. The van der Waals surface area contributed by atoms with Gasteiger partial charge in [0.2, 0.25) is 0 Å². The Kier molecular flexibility index (Phi) is 6.23. The minimum absolute atomic E-state index is 0.0584. The number of hydrogen-bond donors (Lipinski definition) is 2. The minimum atomic E-state index is -0.122. The summed E-state index contributed by atoms with van der Waals surface area (Å²) in [4.78, 5) is 12.5. The Hall–Kier alpha value is -1.55. The fraction of sp³-hybridized carbons (Fsp3) is 0.381. The third-order valence-corrected chi connectivity index (χ3v) is 6.25. The molecule has 1 fully saturated rings. The Morgan fingerprint density at radius 1 is 1.08 bits per heavy atom. The maximum atomic E-state index is 12.5. The van der Waals surface area contributed by atoms with Gasteiger partial charge < -0.3 is 10.6 Å². The van der Waals surface area contributed by atoms with Crippen molar-refractivity contribution in [2.75, 3.05) is 13.6 Å². The highest BCUT2D eigenvalue weighted by atomic mass is 35.5. The lowest BCUT2D eigenvalue weighted by Crippen LogP contribution is -2.53. The molecule has 1 aliphatic carbocycles. The number of amides is 1. The SMILES string of the molecule is CNC1(CNC(=O)c2ccc(Cl)c(Cl)c2)CCC(c2ccccc2)CC1. The summed E-state index contributed by atoms with van der Waals surface area (Å²) in [5.74, 6) is 0.479. The summed E-state index contributed by atoms with van der Waals surface area (Å²) >= 11 is 11.9. The predicted octanol–water partition coefficient (Wildman–Crippen LogP) is 5.04. The lowest BCUT2D eigenvalue weighted by Gasteiger charge is -2.40. The summed E-state index contributed by atoms with van der Waals surface area (Å²) in [7, 11) is 1.98. The molecule has 1 aliphatic rings. The van der Waals surface area contributed by atoms with Gasteiger partial charge >= 0.3 is 0 Å². The molecule has 2 N–H and O–H groups in total. The molecule has 2 aromatic carbocycles. The van der Waals surface area contributed by atoms with Gasteiger partial charge in [-0.1, -0.05) is 53.5 Å². The second-order valence-electron chi connectivity index (χ2n) is 7.03. The molecule has 0 heterocycles. The highest BCUT2D eigenvalue weighted by Gasteiger charge is 2.34. The van der Waals surface area contributed by atoms with Gasteiger partial charge in [-0.15, -0.1) is 0 Å². The topological polar surface area (TPSA) is 41.1 Å². The van der Waals surface area contributed by atoms with E-state index >= 15 is 0 Å². The molecule has 0 bridgehead atoms. The molecular formula is C21H24Cl2N2O. The maximum absolute atomic E-state index is 12.5. The first-order valence-electron chi connectivity index (χ1n) is 9.00. The van der Waals surface area contributed by atoms with E-state index in [4.69, 9.17) is 23.2 Å². The van der Waals surface area contributed by atoms with Crippen LogP contribution in [0.2, 0.25) is 10.0 Å². The average molecular weight is 391 g/mol. The zero-order chi connectivity index (χ0) is 18.6. The lowest BCUT2D eigenvalue weighted by atomic mass is 9.74. The molecule has 0 spiro atoms. The Morgan fingerprint density at radius 3 is 2.38 bits per heavy atom. The number of benzene rings is 2. The van der Waals surface area contributed by atoms with Gasteiger partial charge in [-0.05, 0) is 62.4 Å². The number of nitrogens with one attached hydrogen (secondary N) is 2. The zero-order valence-corrected chi connectivity index (χ0v) is 16.4. The summed E-state index contributed by atoms with van der Waals surface area (Å²) in [6.45, 7) is 0.601. The summed E-state index contributed by atoms with van der Waals surface area (Å²) < 4.78 is 0. The smallest absolute Gasteiger partial charge is 0.251 e. The quantitative estimate of drug-likeness (QED) is 0.750. The molecule has 26 heavy (non-hydrogen) atoms. The molecular weight excluding hydrogens is 367 g/mol. The first-order valence-corrected chi connectivity index (χ1v) is 9.76. The monoisotopic (exact) mass is 390 g/mol. The Bertz CT molecular complexity index is 756. The maximum Gasteiger partial charge on any atom is 0.251 e. The van der Waals surface area contributed by atoms with E-state index in [1.807, 2.05) is 7.05 Å². The van der Waals surface area contributed by atoms with Crippen LogP contribution in [0, 0.1) is 0 Å². The first kappa shape index (κ1) is 19.2. The third kappa shape index (κ3) is 4.40. The lowest BCUT2D eigenvalue weighted by molar-refractivity contribution is 0.0929. The fourth-order valence-corrected chi connectivity index (χ4v) is 4.03. The van der Waals surface area contributed by atoms with Crippen LogP contribution >= 0.6 is 23.2 Å². The van der Waals surface area contributed by atoms with Crippen molar-refractivity contribution in [3.05, 3.63) is 69.7 Å². The van der Waals surface area contributed by atoms with Crippen LogP contribution in [0.5, 0.6) is 0 Å². The predicted molar refractivity (Wildman–Crippen MR) is 108 cm³/mol. The third-order valence-electron chi connectivity index (χ3n) is 5.51. The molecule has 0 unspecified atom stereocenters. The molecule has 0 saturated heterocycles. The van der Waals surface area contributed by atoms with E-state index in [-0.39, 0.29) is 11.4 Å². The fourth-order valence-electron chi connectivity index (χ4n) is 3.73. The summed E-state index contributed by atoms with van der Waals surface area (Å²) in [6, 6.07) is 15.6. The van der Waals surface area contributed by atoms with E-state index in [1.54, 1.807) is 18.2 Å². The van der Waals surface area contributed by atoms with Crippen molar-refractivity contribution < 1.29 is 4.79 Å². The number of carbonyl (C=O) groups excluding carboxylic acids is 1. The average Bonchev–Trinajstić information content (AvgIpc) is 2.69. The van der Waals surface area contributed by atoms with E-state index in [2.05, 4.69) is 41.0 Å². The van der Waals surface area contributed by atoms with Crippen LogP contribution < -0.4 is 10.6 Å². The van der Waals surface area contributed by atoms with Gasteiger partial charge in [-0.2, -0.15) is 0 Å². The van der Waals surface area contributed by atoms with E-state index in [0.29, 0.717) is 28.1 Å². The van der Waals surface area contributed by atoms with Crippen molar-refractivity contribution in [1.29, 1.82) is 0 Å². The Labute approximate surface area is 165 Å². The summed E-state index contributed by atoms with van der Waals surface area (Å²) in [5, 5.41) is 7.36. The number of likely N-dealkylation sites (N-methyl/N-ethyl adjacent to an activating group) is 1. The number of halogens is 2. The van der Waals surface area contributed by atoms with E-state index in [9.17, 15) is 4.79 Å². The van der Waals surface area contributed by atoms with Crippen molar-refractivity contribution >= 4 is 29.1 Å². The molecule has 0 radical (unpaired) electrons. The molecule has 2 aromatic rings. The van der Waals surface area contributed by atoms with Gasteiger partial charge in [-0.3, -0.25) is 4.79 Å². The highest BCUT2D eigenvalue weighted by Crippen LogP contribution is 2.37. The van der Waals surface area contributed by atoms with Crippen LogP contribution in [0.25, 0.3) is 0 Å². The molecule has 3 rings (SSSR count). The van der Waals surface area contributed by atoms with Crippen LogP contribution in [0.15, 0.2) is 48.5 Å². The van der Waals surface area contributed by atoms with Crippen molar-refractivity contribution in [3.8, 4) is 0 Å². The highest BCUT2D eigenvalue weighted by molar-refractivity contribution is 6.42. The minimum Gasteiger partial charge on any atom is -0.350 e. The molecule has 0 aromatic heterocycles. The molecule has 138 valence electrons. The van der Waals surface area contributed by atoms with Crippen molar-refractivity contribution in [3.63, 3.8) is 0 Å².